The summed E-state index contributed by atoms with van der Waals surface area (Å²) >= 11 is 3.14. The molecule has 1 rings (SSSR count). The van der Waals surface area contributed by atoms with E-state index in [1.165, 1.54) is 13.2 Å². The van der Waals surface area contributed by atoms with Crippen LogP contribution in [0.4, 0.5) is 0 Å². The Morgan fingerprint density at radius 2 is 2.54 bits per heavy atom. The van der Waals surface area contributed by atoms with Crippen molar-refractivity contribution in [3.8, 4) is 6.07 Å². The molecule has 0 saturated heterocycles. The normalized spacial score (nSPS) is 9.31. The number of alkyl halides is 1. The van der Waals surface area contributed by atoms with Crippen LogP contribution in [0.2, 0.25) is 0 Å². The third-order valence-electron chi connectivity index (χ3n) is 1.44. The molecule has 0 N–H and O–H groups in total. The summed E-state index contributed by atoms with van der Waals surface area (Å²) in [4.78, 5) is 11.0. The average molecular weight is 244 g/mol. The van der Waals surface area contributed by atoms with Gasteiger partial charge in [0.2, 0.25) is 5.76 Å². The van der Waals surface area contributed by atoms with Gasteiger partial charge in [-0.15, -0.1) is 0 Å². The molecule has 13 heavy (non-hydrogen) atoms. The number of hydrogen-bond donors (Lipinski definition) is 0. The SMILES string of the molecule is COC(=O)c1cc(C#N)c(CBr)o1. The van der Waals surface area contributed by atoms with Gasteiger partial charge in [-0.05, 0) is 0 Å². The number of nitrogens with zero attached hydrogens (tertiary/aromatic N) is 1. The number of hydrogen-bond acceptors (Lipinski definition) is 4. The summed E-state index contributed by atoms with van der Waals surface area (Å²) in [5, 5.41) is 9.03. The van der Waals surface area contributed by atoms with Gasteiger partial charge in [0.15, 0.2) is 0 Å². The molecule has 0 saturated carbocycles. The second kappa shape index (κ2) is 4.10. The lowest BCUT2D eigenvalue weighted by atomic mass is 10.3. The number of carbonyl (C=O) groups is 1. The summed E-state index contributed by atoms with van der Waals surface area (Å²) < 4.78 is 9.50. The maximum Gasteiger partial charge on any atom is 0.374 e. The number of carbonyl (C=O) groups excluding carboxylic acids is 1. The van der Waals surface area contributed by atoms with Crippen LogP contribution in [-0.2, 0) is 10.1 Å². The maximum absolute atomic E-state index is 11.0. The van der Waals surface area contributed by atoms with E-state index in [9.17, 15) is 4.79 Å². The van der Waals surface area contributed by atoms with Gasteiger partial charge in [-0.3, -0.25) is 0 Å². The van der Waals surface area contributed by atoms with Gasteiger partial charge < -0.3 is 9.15 Å². The first-order chi connectivity index (χ1) is 6.22. The molecule has 0 aromatic carbocycles. The van der Waals surface area contributed by atoms with Crippen molar-refractivity contribution in [3.05, 3.63) is 23.2 Å². The molecule has 0 aliphatic rings. The summed E-state index contributed by atoms with van der Waals surface area (Å²) in [6, 6.07) is 3.28. The van der Waals surface area contributed by atoms with Gasteiger partial charge in [-0.25, -0.2) is 4.79 Å². The molecule has 0 amide bonds. The molecule has 1 aromatic heterocycles. The quantitative estimate of drug-likeness (QED) is 0.588. The van der Waals surface area contributed by atoms with E-state index in [-0.39, 0.29) is 5.76 Å². The van der Waals surface area contributed by atoms with Crippen molar-refractivity contribution >= 4 is 21.9 Å². The molecule has 0 bridgehead atoms. The largest absolute Gasteiger partial charge is 0.463 e. The van der Waals surface area contributed by atoms with Gasteiger partial charge in [0.05, 0.1) is 18.0 Å². The van der Waals surface area contributed by atoms with Gasteiger partial charge >= 0.3 is 5.97 Å². The van der Waals surface area contributed by atoms with Crippen molar-refractivity contribution < 1.29 is 13.9 Å². The van der Waals surface area contributed by atoms with Crippen LogP contribution in [0.15, 0.2) is 10.5 Å². The lowest BCUT2D eigenvalue weighted by molar-refractivity contribution is 0.0563. The first kappa shape index (κ1) is 9.81. The predicted octanol–water partition coefficient (Wildman–Crippen LogP) is 1.83. The molecule has 4 nitrogen and oxygen atoms in total. The number of esters is 1. The molecule has 0 fully saturated rings. The van der Waals surface area contributed by atoms with Crippen molar-refractivity contribution in [2.45, 2.75) is 5.33 Å². The zero-order valence-electron chi connectivity index (χ0n) is 6.83. The van der Waals surface area contributed by atoms with E-state index >= 15 is 0 Å². The molecule has 0 unspecified atom stereocenters. The highest BCUT2D eigenvalue weighted by atomic mass is 79.9. The maximum atomic E-state index is 11.0. The second-order valence-corrected chi connectivity index (χ2v) is 2.75. The molecule has 68 valence electrons. The molecule has 0 aliphatic heterocycles. The highest BCUT2D eigenvalue weighted by Crippen LogP contribution is 2.17. The molecule has 0 spiro atoms. The van der Waals surface area contributed by atoms with Crippen molar-refractivity contribution in [1.82, 2.24) is 0 Å². The van der Waals surface area contributed by atoms with Gasteiger partial charge in [0.25, 0.3) is 0 Å². The van der Waals surface area contributed by atoms with E-state index < -0.39 is 5.97 Å². The number of ether oxygens (including phenoxy) is 1. The fourth-order valence-electron chi connectivity index (χ4n) is 0.824. The Hall–Kier alpha value is -1.28. The lowest BCUT2D eigenvalue weighted by Gasteiger charge is -1.91. The average Bonchev–Trinajstić information content (AvgIpc) is 2.59. The van der Waals surface area contributed by atoms with Gasteiger partial charge in [0.1, 0.15) is 11.8 Å². The molecule has 1 heterocycles. The van der Waals surface area contributed by atoms with E-state index in [4.69, 9.17) is 9.68 Å². The topological polar surface area (TPSA) is 63.2 Å². The van der Waals surface area contributed by atoms with Gasteiger partial charge in [-0.2, -0.15) is 5.26 Å². The Balaban J connectivity index is 3.08. The Morgan fingerprint density at radius 3 is 2.92 bits per heavy atom. The number of rotatable bonds is 2. The van der Waals surface area contributed by atoms with Crippen LogP contribution >= 0.6 is 15.9 Å². The minimum atomic E-state index is -0.580. The second-order valence-electron chi connectivity index (χ2n) is 2.18. The Bertz CT molecular complexity index is 364. The summed E-state index contributed by atoms with van der Waals surface area (Å²) in [6.07, 6.45) is 0. The molecule has 0 atom stereocenters. The van der Waals surface area contributed by atoms with Crippen LogP contribution in [0.3, 0.4) is 0 Å². The number of methoxy groups -OCH3 is 1. The first-order valence-electron chi connectivity index (χ1n) is 3.40. The smallest absolute Gasteiger partial charge is 0.374 e. The van der Waals surface area contributed by atoms with E-state index in [2.05, 4.69) is 20.7 Å². The van der Waals surface area contributed by atoms with Gasteiger partial charge in [0, 0.05) is 6.07 Å². The van der Waals surface area contributed by atoms with Crippen LogP contribution in [0.25, 0.3) is 0 Å². The van der Waals surface area contributed by atoms with Crippen molar-refractivity contribution in [2.24, 2.45) is 0 Å². The first-order valence-corrected chi connectivity index (χ1v) is 4.52. The van der Waals surface area contributed by atoms with Crippen LogP contribution in [-0.4, -0.2) is 13.1 Å². The van der Waals surface area contributed by atoms with Crippen molar-refractivity contribution in [2.75, 3.05) is 7.11 Å². The van der Waals surface area contributed by atoms with Crippen molar-refractivity contribution in [1.29, 1.82) is 5.26 Å². The molecule has 0 aliphatic carbocycles. The van der Waals surface area contributed by atoms with Gasteiger partial charge in [-0.1, -0.05) is 15.9 Å². The predicted molar refractivity (Wildman–Crippen MR) is 47.4 cm³/mol. The monoisotopic (exact) mass is 243 g/mol. The Kier molecular flexibility index (Phi) is 3.09. The summed E-state index contributed by atoms with van der Waals surface area (Å²) in [5.74, 6) is -0.0971. The molecule has 5 heteroatoms. The lowest BCUT2D eigenvalue weighted by Crippen LogP contribution is -1.98. The van der Waals surface area contributed by atoms with Crippen LogP contribution in [0.5, 0.6) is 0 Å². The van der Waals surface area contributed by atoms with E-state index in [0.717, 1.165) is 0 Å². The number of nitriles is 1. The third-order valence-corrected chi connectivity index (χ3v) is 1.95. The summed E-state index contributed by atoms with van der Waals surface area (Å²) in [6.45, 7) is 0. The number of furan rings is 1. The standard InChI is InChI=1S/C8H6BrNO3/c1-12-8(11)6-2-5(4-10)7(3-9)13-6/h2H,3H2,1H3. The number of halogens is 1. The molecular formula is C8H6BrNO3. The van der Waals surface area contributed by atoms with E-state index in [1.54, 1.807) is 0 Å². The zero-order valence-corrected chi connectivity index (χ0v) is 8.42. The van der Waals surface area contributed by atoms with Crippen LogP contribution in [0, 0.1) is 11.3 Å². The fourth-order valence-corrected chi connectivity index (χ4v) is 1.24. The van der Waals surface area contributed by atoms with Crippen molar-refractivity contribution in [3.63, 3.8) is 0 Å². The minimum Gasteiger partial charge on any atom is -0.463 e. The highest BCUT2D eigenvalue weighted by molar-refractivity contribution is 9.08. The molecule has 1 aromatic rings. The molecular weight excluding hydrogens is 238 g/mol. The minimum absolute atomic E-state index is 0.0495. The molecule has 0 radical (unpaired) electrons. The summed E-state index contributed by atoms with van der Waals surface area (Å²) in [5.41, 5.74) is 0.345. The third kappa shape index (κ3) is 1.90. The fraction of sp³-hybridized carbons (Fsp3) is 0.250. The highest BCUT2D eigenvalue weighted by Gasteiger charge is 2.15. The Morgan fingerprint density at radius 1 is 1.85 bits per heavy atom. The van der Waals surface area contributed by atoms with E-state index in [1.807, 2.05) is 6.07 Å². The van der Waals surface area contributed by atoms with Crippen LogP contribution in [0.1, 0.15) is 21.9 Å². The summed E-state index contributed by atoms with van der Waals surface area (Å²) in [7, 11) is 1.25. The van der Waals surface area contributed by atoms with Crippen LogP contribution < -0.4 is 0 Å². The zero-order chi connectivity index (χ0) is 9.84. The van der Waals surface area contributed by atoms with E-state index in [0.29, 0.717) is 16.7 Å². The Labute approximate surface area is 83.2 Å².